The van der Waals surface area contributed by atoms with Gasteiger partial charge in [-0.2, -0.15) is 8.42 Å². The van der Waals surface area contributed by atoms with Crippen LogP contribution in [0.15, 0.2) is 15.8 Å². The van der Waals surface area contributed by atoms with E-state index < -0.39 is 58.3 Å². The number of ether oxygens (including phenoxy) is 1. The largest absolute Gasteiger partial charge is 0.394 e. The lowest BCUT2D eigenvalue weighted by Crippen LogP contribution is -2.39. The third kappa shape index (κ3) is 4.72. The normalized spacial score (nSPS) is 26.9. The number of aliphatic hydroxyl groups is 3. The summed E-state index contributed by atoms with van der Waals surface area (Å²) in [6.07, 6.45) is -4.21. The van der Waals surface area contributed by atoms with Crippen molar-refractivity contribution in [3.05, 3.63) is 32.6 Å². The van der Waals surface area contributed by atoms with Crippen LogP contribution in [0.1, 0.15) is 11.8 Å². The smallest absolute Gasteiger partial charge is 0.330 e. The maximum atomic E-state index is 11.9. The van der Waals surface area contributed by atoms with Gasteiger partial charge in [0.2, 0.25) is 0 Å². The Morgan fingerprint density at radius 2 is 1.96 bits per heavy atom. The molecular formula is C12H19N3O9S. The molecular weight excluding hydrogens is 362 g/mol. The Bertz CT molecular complexity index is 818. The maximum absolute atomic E-state index is 11.9. The molecule has 0 saturated carbocycles. The summed E-state index contributed by atoms with van der Waals surface area (Å²) in [5.41, 5.74) is -1.58. The van der Waals surface area contributed by atoms with Crippen LogP contribution in [0.2, 0.25) is 0 Å². The molecule has 25 heavy (non-hydrogen) atoms. The predicted octanol–water partition coefficient (Wildman–Crippen LogP) is -3.87. The van der Waals surface area contributed by atoms with Crippen LogP contribution in [0.5, 0.6) is 0 Å². The molecule has 2 heterocycles. The number of nitrogens with one attached hydrogen (secondary N) is 2. The first kappa shape index (κ1) is 19.7. The Morgan fingerprint density at radius 3 is 2.52 bits per heavy atom. The third-order valence-electron chi connectivity index (χ3n) is 3.69. The van der Waals surface area contributed by atoms with Crippen molar-refractivity contribution in [2.24, 2.45) is 0 Å². The Morgan fingerprint density at radius 1 is 1.28 bits per heavy atom. The summed E-state index contributed by atoms with van der Waals surface area (Å²) in [7, 11) is -4.15. The number of aliphatic hydroxyl groups excluding tert-OH is 3. The van der Waals surface area contributed by atoms with Crippen LogP contribution in [0.3, 0.4) is 0 Å². The molecule has 1 aliphatic heterocycles. The van der Waals surface area contributed by atoms with Gasteiger partial charge >= 0.3 is 5.69 Å². The predicted molar refractivity (Wildman–Crippen MR) is 82.5 cm³/mol. The molecule has 142 valence electrons. The summed E-state index contributed by atoms with van der Waals surface area (Å²) >= 11 is 0. The molecule has 0 bridgehead atoms. The fourth-order valence-corrected chi connectivity index (χ4v) is 2.78. The average Bonchev–Trinajstić information content (AvgIpc) is 2.80. The molecule has 1 saturated heterocycles. The molecule has 0 radical (unpaired) electrons. The molecule has 13 heteroatoms. The van der Waals surface area contributed by atoms with Crippen molar-refractivity contribution >= 4 is 10.1 Å². The Labute approximate surface area is 141 Å². The quantitative estimate of drug-likeness (QED) is 0.201. The van der Waals surface area contributed by atoms with Gasteiger partial charge in [-0.1, -0.05) is 0 Å². The van der Waals surface area contributed by atoms with Crippen LogP contribution in [-0.2, 0) is 21.4 Å². The van der Waals surface area contributed by atoms with Crippen molar-refractivity contribution in [2.45, 2.75) is 31.1 Å². The highest BCUT2D eigenvalue weighted by molar-refractivity contribution is 7.85. The highest BCUT2D eigenvalue weighted by Crippen LogP contribution is 2.27. The van der Waals surface area contributed by atoms with Crippen molar-refractivity contribution in [3.8, 4) is 0 Å². The second kappa shape index (κ2) is 7.74. The first-order chi connectivity index (χ1) is 11.6. The standard InChI is InChI=1S/C12H19N3O9S/c16-5-7-8(17)9(18)11(24-7)15-4-6(10(19)14-12(15)20)3-13-1-2-25(21,22)23/h4,7-9,11,13,16-18H,1-3,5H2,(H,14,19,20)(H,21,22,23)/t7-,8+,9+,11-/m1/s1. The van der Waals surface area contributed by atoms with Crippen molar-refractivity contribution < 1.29 is 33.0 Å². The number of nitrogens with zero attached hydrogens (tertiary/aromatic N) is 1. The van der Waals surface area contributed by atoms with E-state index in [2.05, 4.69) is 5.32 Å². The molecule has 1 fully saturated rings. The van der Waals surface area contributed by atoms with E-state index >= 15 is 0 Å². The van der Waals surface area contributed by atoms with E-state index in [1.54, 1.807) is 0 Å². The minimum Gasteiger partial charge on any atom is -0.394 e. The fraction of sp³-hybridized carbons (Fsp3) is 0.667. The van der Waals surface area contributed by atoms with Gasteiger partial charge in [0.25, 0.3) is 15.7 Å². The summed E-state index contributed by atoms with van der Waals surface area (Å²) in [6, 6.07) is 0. The van der Waals surface area contributed by atoms with E-state index in [-0.39, 0.29) is 18.7 Å². The first-order valence-electron chi connectivity index (χ1n) is 7.26. The van der Waals surface area contributed by atoms with Crippen LogP contribution in [0.25, 0.3) is 0 Å². The van der Waals surface area contributed by atoms with Crippen LogP contribution in [-0.4, -0.2) is 75.1 Å². The Hall–Kier alpha value is -1.61. The van der Waals surface area contributed by atoms with Gasteiger partial charge in [-0.3, -0.25) is 18.9 Å². The molecule has 0 aromatic carbocycles. The molecule has 0 unspecified atom stereocenters. The molecule has 0 aliphatic carbocycles. The summed E-state index contributed by atoms with van der Waals surface area (Å²) in [6.45, 7) is -0.831. The van der Waals surface area contributed by atoms with Gasteiger partial charge in [-0.25, -0.2) is 4.79 Å². The molecule has 1 aromatic rings. The van der Waals surface area contributed by atoms with Gasteiger partial charge < -0.3 is 25.4 Å². The number of hydrogen-bond acceptors (Lipinski definition) is 9. The van der Waals surface area contributed by atoms with Gasteiger partial charge in [-0.05, 0) is 0 Å². The lowest BCUT2D eigenvalue weighted by Gasteiger charge is -2.18. The zero-order valence-electron chi connectivity index (χ0n) is 12.9. The molecule has 0 spiro atoms. The van der Waals surface area contributed by atoms with Gasteiger partial charge in [0, 0.05) is 24.8 Å². The maximum Gasteiger partial charge on any atom is 0.330 e. The first-order valence-corrected chi connectivity index (χ1v) is 8.87. The summed E-state index contributed by atoms with van der Waals surface area (Å²) in [5.74, 6) is -0.556. The van der Waals surface area contributed by atoms with E-state index in [1.807, 2.05) is 4.98 Å². The van der Waals surface area contributed by atoms with Crippen molar-refractivity contribution in [1.82, 2.24) is 14.9 Å². The van der Waals surface area contributed by atoms with Gasteiger partial charge in [0.05, 0.1) is 12.4 Å². The second-order valence-electron chi connectivity index (χ2n) is 5.51. The van der Waals surface area contributed by atoms with Crippen molar-refractivity contribution in [2.75, 3.05) is 18.9 Å². The number of aromatic nitrogens is 2. The monoisotopic (exact) mass is 381 g/mol. The van der Waals surface area contributed by atoms with Crippen LogP contribution < -0.4 is 16.6 Å². The highest BCUT2D eigenvalue weighted by atomic mass is 32.2. The number of hydrogen-bond donors (Lipinski definition) is 6. The number of rotatable bonds is 7. The molecule has 2 rings (SSSR count). The Kier molecular flexibility index (Phi) is 6.10. The van der Waals surface area contributed by atoms with Crippen molar-refractivity contribution in [1.29, 1.82) is 0 Å². The minimum absolute atomic E-state index is 0.0349. The lowest BCUT2D eigenvalue weighted by atomic mass is 10.1. The summed E-state index contributed by atoms with van der Waals surface area (Å²) in [4.78, 5) is 25.7. The molecule has 4 atom stereocenters. The molecule has 1 aliphatic rings. The van der Waals surface area contributed by atoms with E-state index in [0.717, 1.165) is 10.8 Å². The van der Waals surface area contributed by atoms with E-state index in [4.69, 9.17) is 14.4 Å². The molecule has 0 amide bonds. The fourth-order valence-electron chi connectivity index (χ4n) is 2.38. The highest BCUT2D eigenvalue weighted by Gasteiger charge is 2.43. The number of H-pyrrole nitrogens is 1. The molecule has 1 aromatic heterocycles. The zero-order chi connectivity index (χ0) is 18.8. The van der Waals surface area contributed by atoms with E-state index in [9.17, 15) is 28.2 Å². The van der Waals surface area contributed by atoms with Crippen LogP contribution >= 0.6 is 0 Å². The van der Waals surface area contributed by atoms with E-state index in [0.29, 0.717) is 0 Å². The SMILES string of the molecule is O=c1[nH]c(=O)n([C@@H]2O[C@H](CO)[C@H](O)[C@@H]2O)cc1CNCCS(=O)(=O)O. The topological polar surface area (TPSA) is 191 Å². The number of aromatic amines is 1. The molecule has 6 N–H and O–H groups in total. The lowest BCUT2D eigenvalue weighted by molar-refractivity contribution is -0.0551. The summed E-state index contributed by atoms with van der Waals surface area (Å²) < 4.78 is 36.0. The second-order valence-corrected chi connectivity index (χ2v) is 7.08. The van der Waals surface area contributed by atoms with Crippen LogP contribution in [0, 0.1) is 0 Å². The summed E-state index contributed by atoms with van der Waals surface area (Å²) in [5, 5.41) is 31.4. The minimum atomic E-state index is -4.15. The third-order valence-corrected chi connectivity index (χ3v) is 4.41. The van der Waals surface area contributed by atoms with E-state index in [1.165, 1.54) is 0 Å². The van der Waals surface area contributed by atoms with Gasteiger partial charge in [0.1, 0.15) is 18.3 Å². The van der Waals surface area contributed by atoms with Gasteiger partial charge in [0.15, 0.2) is 6.23 Å². The van der Waals surface area contributed by atoms with Crippen LogP contribution in [0.4, 0.5) is 0 Å². The zero-order valence-corrected chi connectivity index (χ0v) is 13.7. The Balaban J connectivity index is 2.18. The molecule has 12 nitrogen and oxygen atoms in total. The van der Waals surface area contributed by atoms with Gasteiger partial charge in [-0.15, -0.1) is 0 Å². The van der Waals surface area contributed by atoms with Crippen molar-refractivity contribution in [3.63, 3.8) is 0 Å². The average molecular weight is 381 g/mol.